The third kappa shape index (κ3) is 3.36. The number of hydrogen-bond acceptors (Lipinski definition) is 3. The number of hydrogen-bond donors (Lipinski definition) is 2. The number of amides is 1. The van der Waals surface area contributed by atoms with Crippen LogP contribution >= 0.6 is 0 Å². The van der Waals surface area contributed by atoms with Crippen LogP contribution in [0, 0.1) is 6.92 Å². The number of carbonyl (C=O) groups excluding carboxylic acids is 1. The minimum Gasteiger partial charge on any atom is -0.478 e. The van der Waals surface area contributed by atoms with Crippen LogP contribution < -0.4 is 5.32 Å². The highest BCUT2D eigenvalue weighted by Gasteiger charge is 2.47. The van der Waals surface area contributed by atoms with Gasteiger partial charge in [-0.05, 0) is 65.3 Å². The van der Waals surface area contributed by atoms with E-state index in [0.29, 0.717) is 0 Å². The van der Waals surface area contributed by atoms with Crippen LogP contribution in [0.15, 0.2) is 66.7 Å². The highest BCUT2D eigenvalue weighted by Crippen LogP contribution is 2.47. The van der Waals surface area contributed by atoms with Crippen molar-refractivity contribution in [2.45, 2.75) is 31.2 Å². The second-order valence-corrected chi connectivity index (χ2v) is 8.37. The molecule has 0 heterocycles. The highest BCUT2D eigenvalue weighted by molar-refractivity contribution is 5.88. The standard InChI is InChI=1S/C26H23NO4/c1-16-10-11-17(24(28)29)14-23(16)26(12-13-26)27-25(30)31-15-22-20-8-4-2-6-18(20)19-7-3-5-9-21(19)22/h2-11,14,22H,12-13,15H2,1H3,(H,27,30)(H,28,29). The van der Waals surface area contributed by atoms with E-state index in [0.717, 1.165) is 24.0 Å². The molecule has 2 N–H and O–H groups in total. The van der Waals surface area contributed by atoms with E-state index in [1.54, 1.807) is 18.2 Å². The first-order valence-corrected chi connectivity index (χ1v) is 10.5. The molecular formula is C26H23NO4. The minimum atomic E-state index is -0.974. The van der Waals surface area contributed by atoms with Gasteiger partial charge in [0.05, 0.1) is 11.1 Å². The lowest BCUT2D eigenvalue weighted by Gasteiger charge is -2.21. The average Bonchev–Trinajstić information content (AvgIpc) is 3.47. The summed E-state index contributed by atoms with van der Waals surface area (Å²) in [6, 6.07) is 21.5. The Morgan fingerprint density at radius 2 is 1.61 bits per heavy atom. The quantitative estimate of drug-likeness (QED) is 0.601. The Labute approximate surface area is 180 Å². The number of benzene rings is 3. The summed E-state index contributed by atoms with van der Waals surface area (Å²) in [5, 5.41) is 12.3. The topological polar surface area (TPSA) is 75.6 Å². The zero-order valence-electron chi connectivity index (χ0n) is 17.2. The average molecular weight is 413 g/mol. The zero-order valence-corrected chi connectivity index (χ0v) is 17.2. The van der Waals surface area contributed by atoms with Crippen molar-refractivity contribution < 1.29 is 19.4 Å². The van der Waals surface area contributed by atoms with Crippen LogP contribution in [0.25, 0.3) is 11.1 Å². The van der Waals surface area contributed by atoms with Crippen molar-refractivity contribution in [2.75, 3.05) is 6.61 Å². The van der Waals surface area contributed by atoms with Gasteiger partial charge in [0, 0.05) is 5.92 Å². The molecule has 1 fully saturated rings. The van der Waals surface area contributed by atoms with Crippen LogP contribution in [0.2, 0.25) is 0 Å². The molecule has 0 atom stereocenters. The summed E-state index contributed by atoms with van der Waals surface area (Å²) >= 11 is 0. The molecule has 1 saturated carbocycles. The van der Waals surface area contributed by atoms with E-state index < -0.39 is 17.6 Å². The molecule has 31 heavy (non-hydrogen) atoms. The Morgan fingerprint density at radius 3 is 2.19 bits per heavy atom. The van der Waals surface area contributed by atoms with E-state index >= 15 is 0 Å². The van der Waals surface area contributed by atoms with Gasteiger partial charge in [-0.2, -0.15) is 0 Å². The molecule has 0 aliphatic heterocycles. The zero-order chi connectivity index (χ0) is 21.6. The van der Waals surface area contributed by atoms with Crippen LogP contribution in [-0.2, 0) is 10.3 Å². The summed E-state index contributed by atoms with van der Waals surface area (Å²) in [6.45, 7) is 2.19. The summed E-state index contributed by atoms with van der Waals surface area (Å²) in [5.41, 5.74) is 6.20. The fourth-order valence-electron chi connectivity index (χ4n) is 4.69. The number of carboxylic acid groups (broad SMARTS) is 1. The van der Waals surface area contributed by atoms with Gasteiger partial charge < -0.3 is 15.2 Å². The molecule has 3 aromatic rings. The smallest absolute Gasteiger partial charge is 0.407 e. The van der Waals surface area contributed by atoms with Crippen LogP contribution in [0.5, 0.6) is 0 Å². The fourth-order valence-corrected chi connectivity index (χ4v) is 4.69. The first-order chi connectivity index (χ1) is 15.0. The van der Waals surface area contributed by atoms with Crippen molar-refractivity contribution in [2.24, 2.45) is 0 Å². The summed E-state index contributed by atoms with van der Waals surface area (Å²) in [4.78, 5) is 24.1. The monoisotopic (exact) mass is 413 g/mol. The highest BCUT2D eigenvalue weighted by atomic mass is 16.5. The third-order valence-electron chi connectivity index (χ3n) is 6.44. The number of aryl methyl sites for hydroxylation is 1. The molecule has 2 aliphatic carbocycles. The number of ether oxygens (including phenoxy) is 1. The SMILES string of the molecule is Cc1ccc(C(=O)O)cc1C1(NC(=O)OCC2c3ccccc3-c3ccccc32)CC1. The van der Waals surface area contributed by atoms with Crippen molar-refractivity contribution >= 4 is 12.1 Å². The van der Waals surface area contributed by atoms with Gasteiger partial charge in [-0.3, -0.25) is 0 Å². The second-order valence-electron chi connectivity index (χ2n) is 8.37. The van der Waals surface area contributed by atoms with Gasteiger partial charge in [0.1, 0.15) is 6.61 Å². The molecule has 0 radical (unpaired) electrons. The van der Waals surface area contributed by atoms with Crippen molar-refractivity contribution in [3.05, 3.63) is 94.5 Å². The van der Waals surface area contributed by atoms with Gasteiger partial charge in [-0.1, -0.05) is 54.6 Å². The lowest BCUT2D eigenvalue weighted by atomic mass is 9.96. The molecule has 0 spiro atoms. The molecular weight excluding hydrogens is 390 g/mol. The van der Waals surface area contributed by atoms with Crippen molar-refractivity contribution in [1.29, 1.82) is 0 Å². The number of rotatable bonds is 5. The van der Waals surface area contributed by atoms with E-state index in [2.05, 4.69) is 29.6 Å². The number of carboxylic acids is 1. The Kier molecular flexibility index (Phi) is 4.54. The number of carbonyl (C=O) groups is 2. The predicted octanol–water partition coefficient (Wildman–Crippen LogP) is 5.22. The lowest BCUT2D eigenvalue weighted by Crippen LogP contribution is -2.36. The number of nitrogens with one attached hydrogen (secondary N) is 1. The Balaban J connectivity index is 1.32. The maximum absolute atomic E-state index is 12.7. The molecule has 0 saturated heterocycles. The molecule has 1 amide bonds. The summed E-state index contributed by atoms with van der Waals surface area (Å²) in [6.07, 6.45) is 1.06. The van der Waals surface area contributed by atoms with Crippen molar-refractivity contribution in [1.82, 2.24) is 5.32 Å². The molecule has 2 aliphatic rings. The fraction of sp³-hybridized carbons (Fsp3) is 0.231. The molecule has 0 aromatic heterocycles. The molecule has 5 rings (SSSR count). The van der Waals surface area contributed by atoms with Gasteiger partial charge in [0.15, 0.2) is 0 Å². The molecule has 3 aromatic carbocycles. The lowest BCUT2D eigenvalue weighted by molar-refractivity contribution is 0.0696. The number of aromatic carboxylic acids is 1. The Bertz CT molecular complexity index is 1150. The summed E-state index contributed by atoms with van der Waals surface area (Å²) in [7, 11) is 0. The molecule has 5 nitrogen and oxygen atoms in total. The van der Waals surface area contributed by atoms with E-state index in [1.807, 2.05) is 31.2 Å². The first kappa shape index (κ1) is 19.4. The van der Waals surface area contributed by atoms with E-state index in [-0.39, 0.29) is 18.1 Å². The Morgan fingerprint density at radius 1 is 1.00 bits per heavy atom. The maximum atomic E-state index is 12.7. The third-order valence-corrected chi connectivity index (χ3v) is 6.44. The summed E-state index contributed by atoms with van der Waals surface area (Å²) in [5.74, 6) is -0.969. The van der Waals surface area contributed by atoms with Crippen LogP contribution in [-0.4, -0.2) is 23.8 Å². The van der Waals surface area contributed by atoms with E-state index in [9.17, 15) is 14.7 Å². The van der Waals surface area contributed by atoms with Gasteiger partial charge in [0.2, 0.25) is 0 Å². The van der Waals surface area contributed by atoms with Crippen LogP contribution in [0.1, 0.15) is 51.4 Å². The minimum absolute atomic E-state index is 0.00498. The number of fused-ring (bicyclic) bond motifs is 3. The summed E-state index contributed by atoms with van der Waals surface area (Å²) < 4.78 is 5.69. The van der Waals surface area contributed by atoms with E-state index in [1.165, 1.54) is 22.3 Å². The van der Waals surface area contributed by atoms with Gasteiger partial charge in [-0.25, -0.2) is 9.59 Å². The first-order valence-electron chi connectivity index (χ1n) is 10.5. The van der Waals surface area contributed by atoms with Crippen molar-refractivity contribution in [3.63, 3.8) is 0 Å². The second kappa shape index (κ2) is 7.27. The van der Waals surface area contributed by atoms with Gasteiger partial charge >= 0.3 is 12.1 Å². The molecule has 0 bridgehead atoms. The predicted molar refractivity (Wildman–Crippen MR) is 117 cm³/mol. The van der Waals surface area contributed by atoms with Crippen LogP contribution in [0.4, 0.5) is 4.79 Å². The normalized spacial score (nSPS) is 15.6. The maximum Gasteiger partial charge on any atom is 0.407 e. The molecule has 0 unspecified atom stereocenters. The number of alkyl carbamates (subject to hydrolysis) is 1. The van der Waals surface area contributed by atoms with Crippen molar-refractivity contribution in [3.8, 4) is 11.1 Å². The molecule has 5 heteroatoms. The van der Waals surface area contributed by atoms with E-state index in [4.69, 9.17) is 4.74 Å². The van der Waals surface area contributed by atoms with Gasteiger partial charge in [0.25, 0.3) is 0 Å². The largest absolute Gasteiger partial charge is 0.478 e. The molecule has 156 valence electrons. The Hall–Kier alpha value is -3.60. The van der Waals surface area contributed by atoms with Gasteiger partial charge in [-0.15, -0.1) is 0 Å². The van der Waals surface area contributed by atoms with Crippen LogP contribution in [0.3, 0.4) is 0 Å².